The van der Waals surface area contributed by atoms with E-state index in [1.54, 1.807) is 36.5 Å². The van der Waals surface area contributed by atoms with Gasteiger partial charge in [0.1, 0.15) is 11.3 Å². The minimum Gasteiger partial charge on any atom is -0.478 e. The molecule has 0 saturated carbocycles. The number of pyridine rings is 2. The third kappa shape index (κ3) is 2.38. The molecule has 21 heavy (non-hydrogen) atoms. The Morgan fingerprint density at radius 2 is 1.95 bits per heavy atom. The molecule has 104 valence electrons. The fourth-order valence-electron chi connectivity index (χ4n) is 1.93. The summed E-state index contributed by atoms with van der Waals surface area (Å²) in [6, 6.07) is 9.72. The summed E-state index contributed by atoms with van der Waals surface area (Å²) in [5.74, 6) is -2.41. The predicted octanol–water partition coefficient (Wildman–Crippen LogP) is 3.26. The van der Waals surface area contributed by atoms with Crippen LogP contribution in [0.1, 0.15) is 10.4 Å². The Morgan fingerprint density at radius 1 is 1.10 bits per heavy atom. The molecule has 0 spiro atoms. The van der Waals surface area contributed by atoms with Crippen molar-refractivity contribution in [3.63, 3.8) is 0 Å². The monoisotopic (exact) mass is 284 g/mol. The number of carbonyl (C=O) groups is 1. The van der Waals surface area contributed by atoms with Gasteiger partial charge in [0.2, 0.25) is 0 Å². The quantitative estimate of drug-likeness (QED) is 0.799. The normalized spacial score (nSPS) is 10.5. The molecule has 0 aliphatic heterocycles. The Hall–Kier alpha value is -3.02. The molecule has 0 bridgehead atoms. The number of fused-ring (bicyclic) bond motifs is 1. The van der Waals surface area contributed by atoms with E-state index in [4.69, 9.17) is 9.84 Å². The average molecular weight is 284 g/mol. The van der Waals surface area contributed by atoms with Crippen LogP contribution in [0, 0.1) is 5.82 Å². The van der Waals surface area contributed by atoms with Gasteiger partial charge >= 0.3 is 5.97 Å². The first-order chi connectivity index (χ1) is 10.2. The first-order valence-electron chi connectivity index (χ1n) is 6.06. The van der Waals surface area contributed by atoms with Gasteiger partial charge in [0.25, 0.3) is 5.88 Å². The number of rotatable bonds is 3. The smallest absolute Gasteiger partial charge is 0.338 e. The molecule has 0 aliphatic rings. The van der Waals surface area contributed by atoms with Crippen LogP contribution in [0.3, 0.4) is 0 Å². The Morgan fingerprint density at radius 3 is 2.76 bits per heavy atom. The largest absolute Gasteiger partial charge is 0.478 e. The maximum absolute atomic E-state index is 14.0. The van der Waals surface area contributed by atoms with Crippen molar-refractivity contribution in [2.45, 2.75) is 0 Å². The van der Waals surface area contributed by atoms with Crippen molar-refractivity contribution >= 4 is 16.9 Å². The van der Waals surface area contributed by atoms with Gasteiger partial charge in [-0.2, -0.15) is 0 Å². The maximum Gasteiger partial charge on any atom is 0.338 e. The number of hydrogen-bond acceptors (Lipinski definition) is 4. The number of aromatic nitrogens is 2. The summed E-state index contributed by atoms with van der Waals surface area (Å²) in [5, 5.41) is 9.58. The molecule has 0 amide bonds. The third-order valence-electron chi connectivity index (χ3n) is 2.90. The second-order valence-electron chi connectivity index (χ2n) is 4.21. The molecule has 2 heterocycles. The number of hydrogen-bond donors (Lipinski definition) is 1. The van der Waals surface area contributed by atoms with Gasteiger partial charge in [-0.3, -0.25) is 4.98 Å². The molecule has 2 aromatic heterocycles. The van der Waals surface area contributed by atoms with Crippen molar-refractivity contribution in [1.82, 2.24) is 9.97 Å². The Balaban J connectivity index is 2.07. The van der Waals surface area contributed by atoms with Crippen molar-refractivity contribution in [1.29, 1.82) is 0 Å². The summed E-state index contributed by atoms with van der Waals surface area (Å²) in [6.45, 7) is 0. The molecule has 3 rings (SSSR count). The summed E-state index contributed by atoms with van der Waals surface area (Å²) in [5.41, 5.74) is 0.197. The summed E-state index contributed by atoms with van der Waals surface area (Å²) < 4.78 is 19.4. The Bertz CT molecular complexity index is 831. The van der Waals surface area contributed by atoms with Gasteiger partial charge in [0.15, 0.2) is 5.82 Å². The average Bonchev–Trinajstić information content (AvgIpc) is 2.49. The van der Waals surface area contributed by atoms with Gasteiger partial charge < -0.3 is 9.84 Å². The minimum absolute atomic E-state index is 0.356. The van der Waals surface area contributed by atoms with E-state index in [0.29, 0.717) is 16.7 Å². The molecule has 1 N–H and O–H groups in total. The standard InChI is InChI=1S/C15H9FN2O3/c16-13-10(15(19)20)6-8-18-14(13)21-12-5-1-4-11-9(12)3-2-7-17-11/h1-8H,(H,19,20). The highest BCUT2D eigenvalue weighted by molar-refractivity contribution is 5.88. The fraction of sp³-hybridized carbons (Fsp3) is 0. The van der Waals surface area contributed by atoms with Crippen molar-refractivity contribution in [3.8, 4) is 11.6 Å². The van der Waals surface area contributed by atoms with Crippen LogP contribution in [-0.4, -0.2) is 21.0 Å². The number of aromatic carboxylic acids is 1. The van der Waals surface area contributed by atoms with Crippen LogP contribution >= 0.6 is 0 Å². The molecule has 1 aromatic carbocycles. The van der Waals surface area contributed by atoms with Crippen LogP contribution in [0.15, 0.2) is 48.8 Å². The van der Waals surface area contributed by atoms with E-state index in [1.807, 2.05) is 0 Å². The highest BCUT2D eigenvalue weighted by atomic mass is 19.1. The Labute approximate surface area is 118 Å². The lowest BCUT2D eigenvalue weighted by Gasteiger charge is -2.09. The lowest BCUT2D eigenvalue weighted by Crippen LogP contribution is -2.03. The van der Waals surface area contributed by atoms with Crippen molar-refractivity contribution in [2.24, 2.45) is 0 Å². The van der Waals surface area contributed by atoms with Gasteiger partial charge in [-0.25, -0.2) is 14.2 Å². The van der Waals surface area contributed by atoms with E-state index >= 15 is 0 Å². The number of carboxylic acid groups (broad SMARTS) is 1. The van der Waals surface area contributed by atoms with Crippen molar-refractivity contribution < 1.29 is 19.0 Å². The second-order valence-corrected chi connectivity index (χ2v) is 4.21. The zero-order valence-corrected chi connectivity index (χ0v) is 10.7. The molecule has 0 unspecified atom stereocenters. The van der Waals surface area contributed by atoms with Crippen LogP contribution in [0.4, 0.5) is 4.39 Å². The van der Waals surface area contributed by atoms with Crippen molar-refractivity contribution in [3.05, 3.63) is 60.2 Å². The van der Waals surface area contributed by atoms with E-state index in [1.165, 1.54) is 6.20 Å². The SMILES string of the molecule is O=C(O)c1ccnc(Oc2cccc3ncccc23)c1F. The molecule has 0 saturated heterocycles. The maximum atomic E-state index is 14.0. The fourth-order valence-corrected chi connectivity index (χ4v) is 1.93. The first kappa shape index (κ1) is 13.0. The van der Waals surface area contributed by atoms with E-state index in [2.05, 4.69) is 9.97 Å². The highest BCUT2D eigenvalue weighted by Crippen LogP contribution is 2.29. The van der Waals surface area contributed by atoms with E-state index < -0.39 is 17.3 Å². The second kappa shape index (κ2) is 5.16. The predicted molar refractivity (Wildman–Crippen MR) is 73.0 cm³/mol. The van der Waals surface area contributed by atoms with Crippen LogP contribution < -0.4 is 4.74 Å². The number of ether oxygens (including phenoxy) is 1. The van der Waals surface area contributed by atoms with Gasteiger partial charge in [-0.15, -0.1) is 0 Å². The van der Waals surface area contributed by atoms with E-state index in [-0.39, 0.29) is 5.88 Å². The van der Waals surface area contributed by atoms with Crippen LogP contribution in [-0.2, 0) is 0 Å². The summed E-state index contributed by atoms with van der Waals surface area (Å²) in [6.07, 6.45) is 2.82. The van der Waals surface area contributed by atoms with E-state index in [9.17, 15) is 9.18 Å². The number of nitrogens with zero attached hydrogens (tertiary/aromatic N) is 2. The van der Waals surface area contributed by atoms with E-state index in [0.717, 1.165) is 6.07 Å². The molecule has 3 aromatic rings. The molecule has 5 nitrogen and oxygen atoms in total. The molecular weight excluding hydrogens is 275 g/mol. The third-order valence-corrected chi connectivity index (χ3v) is 2.90. The van der Waals surface area contributed by atoms with Gasteiger partial charge in [-0.05, 0) is 30.3 Å². The highest BCUT2D eigenvalue weighted by Gasteiger charge is 2.17. The van der Waals surface area contributed by atoms with Crippen LogP contribution in [0.2, 0.25) is 0 Å². The molecule has 0 atom stereocenters. The molecule has 0 aliphatic carbocycles. The summed E-state index contributed by atoms with van der Waals surface area (Å²) in [4.78, 5) is 18.8. The molecular formula is C15H9FN2O3. The summed E-state index contributed by atoms with van der Waals surface area (Å²) >= 11 is 0. The molecule has 0 radical (unpaired) electrons. The number of halogens is 1. The van der Waals surface area contributed by atoms with Gasteiger partial charge in [0.05, 0.1) is 5.52 Å². The molecule has 6 heteroatoms. The zero-order valence-electron chi connectivity index (χ0n) is 10.7. The minimum atomic E-state index is -1.38. The first-order valence-corrected chi connectivity index (χ1v) is 6.06. The van der Waals surface area contributed by atoms with Gasteiger partial charge in [0, 0.05) is 17.8 Å². The summed E-state index contributed by atoms with van der Waals surface area (Å²) in [7, 11) is 0. The van der Waals surface area contributed by atoms with Crippen LogP contribution in [0.25, 0.3) is 10.9 Å². The van der Waals surface area contributed by atoms with Crippen molar-refractivity contribution in [2.75, 3.05) is 0 Å². The van der Waals surface area contributed by atoms with Gasteiger partial charge in [-0.1, -0.05) is 6.07 Å². The topological polar surface area (TPSA) is 72.3 Å². The Kier molecular flexibility index (Phi) is 3.19. The molecule has 0 fully saturated rings. The number of benzene rings is 1. The lowest BCUT2D eigenvalue weighted by molar-refractivity contribution is 0.0690. The lowest BCUT2D eigenvalue weighted by atomic mass is 10.2. The zero-order chi connectivity index (χ0) is 14.8. The van der Waals surface area contributed by atoms with Crippen LogP contribution in [0.5, 0.6) is 11.6 Å². The number of carboxylic acids is 1.